The quantitative estimate of drug-likeness (QED) is 0.378. The molecule has 0 fully saturated rings. The van der Waals surface area contributed by atoms with Gasteiger partial charge in [-0.2, -0.15) is 0 Å². The first-order valence-electron chi connectivity index (χ1n) is 1.73. The van der Waals surface area contributed by atoms with Crippen LogP contribution in [0.4, 0.5) is 0 Å². The molecular formula is C7H4. The highest BCUT2D eigenvalue weighted by atomic mass is 13.8. The zero-order valence-electron chi connectivity index (χ0n) is 3.81. The van der Waals surface area contributed by atoms with Crippen molar-refractivity contribution in [2.45, 2.75) is 0 Å². The van der Waals surface area contributed by atoms with E-state index in [9.17, 15) is 0 Å². The molecule has 0 nitrogen and oxygen atoms in total. The Balaban J connectivity index is 3.82. The van der Waals surface area contributed by atoms with Crippen LogP contribution in [0.2, 0.25) is 0 Å². The molecule has 0 rings (SSSR count). The Bertz CT molecular complexity index is 123. The molecule has 0 aromatic carbocycles. The minimum absolute atomic E-state index is 0.431. The predicted molar refractivity (Wildman–Crippen MR) is 30.0 cm³/mol. The normalized spacial score (nSPS) is 6.00. The molecule has 0 unspecified atom stereocenters. The Morgan fingerprint density at radius 1 is 0.857 bits per heavy atom. The maximum Gasteiger partial charge on any atom is 0.140 e. The van der Waals surface area contributed by atoms with Crippen LogP contribution in [0.3, 0.4) is 0 Å². The van der Waals surface area contributed by atoms with Gasteiger partial charge in [-0.3, -0.25) is 0 Å². The van der Waals surface area contributed by atoms with Crippen molar-refractivity contribution in [1.29, 1.82) is 0 Å². The van der Waals surface area contributed by atoms with Gasteiger partial charge in [-0.15, -0.1) is 19.3 Å². The van der Waals surface area contributed by atoms with Gasteiger partial charge in [0.2, 0.25) is 0 Å². The predicted octanol–water partition coefficient (Wildman–Crippen LogP) is 0.502. The van der Waals surface area contributed by atoms with Crippen molar-refractivity contribution in [2.24, 2.45) is 5.92 Å². The summed E-state index contributed by atoms with van der Waals surface area (Å²) in [6, 6.07) is 0. The average molecular weight is 88.1 g/mol. The molecule has 0 saturated carbocycles. The van der Waals surface area contributed by atoms with E-state index in [1.54, 1.807) is 0 Å². The van der Waals surface area contributed by atoms with Gasteiger partial charge in [0, 0.05) is 0 Å². The summed E-state index contributed by atoms with van der Waals surface area (Å²) in [4.78, 5) is 0. The van der Waals surface area contributed by atoms with Crippen molar-refractivity contribution in [2.75, 3.05) is 0 Å². The smallest absolute Gasteiger partial charge is 0.118 e. The van der Waals surface area contributed by atoms with Gasteiger partial charge in [0.25, 0.3) is 0 Å². The van der Waals surface area contributed by atoms with E-state index in [0.717, 1.165) is 0 Å². The van der Waals surface area contributed by atoms with E-state index in [-0.39, 0.29) is 0 Å². The largest absolute Gasteiger partial charge is 0.140 e. The molecule has 0 aliphatic heterocycles. The summed E-state index contributed by atoms with van der Waals surface area (Å²) in [7, 11) is 0. The summed E-state index contributed by atoms with van der Waals surface area (Å²) in [5.74, 6) is 6.26. The molecule has 7 heavy (non-hydrogen) atoms. The van der Waals surface area contributed by atoms with Crippen LogP contribution in [0, 0.1) is 42.9 Å². The first-order valence-corrected chi connectivity index (χ1v) is 1.73. The molecule has 0 radical (unpaired) electrons. The number of hydrogen-bond acceptors (Lipinski definition) is 0. The number of hydrogen-bond donors (Lipinski definition) is 0. The van der Waals surface area contributed by atoms with Crippen molar-refractivity contribution in [3.8, 4) is 37.0 Å². The van der Waals surface area contributed by atoms with Gasteiger partial charge in [0.05, 0.1) is 0 Å². The summed E-state index contributed by atoms with van der Waals surface area (Å²) >= 11 is 0. The van der Waals surface area contributed by atoms with E-state index < -0.39 is 5.92 Å². The number of terminal acetylenes is 3. The fourth-order valence-corrected chi connectivity index (χ4v) is 0.144. The van der Waals surface area contributed by atoms with Crippen molar-refractivity contribution < 1.29 is 0 Å². The van der Waals surface area contributed by atoms with Crippen LogP contribution in [0.15, 0.2) is 0 Å². The second kappa shape index (κ2) is 2.89. The third-order valence-corrected chi connectivity index (χ3v) is 0.500. The van der Waals surface area contributed by atoms with E-state index in [2.05, 4.69) is 17.8 Å². The van der Waals surface area contributed by atoms with E-state index >= 15 is 0 Å². The second-order valence-electron chi connectivity index (χ2n) is 0.933. The molecule has 0 heterocycles. The lowest BCUT2D eigenvalue weighted by molar-refractivity contribution is 1.24. The van der Waals surface area contributed by atoms with Crippen LogP contribution in [0.1, 0.15) is 0 Å². The summed E-state index contributed by atoms with van der Waals surface area (Å²) in [6.45, 7) is 0. The highest BCUT2D eigenvalue weighted by Crippen LogP contribution is 1.83. The van der Waals surface area contributed by atoms with Crippen molar-refractivity contribution in [1.82, 2.24) is 0 Å². The third-order valence-electron chi connectivity index (χ3n) is 0.500. The molecule has 0 aromatic rings. The molecule has 0 atom stereocenters. The summed E-state index contributed by atoms with van der Waals surface area (Å²) in [5.41, 5.74) is 0. The molecule has 0 spiro atoms. The molecule has 0 heteroatoms. The van der Waals surface area contributed by atoms with Gasteiger partial charge in [-0.25, -0.2) is 0 Å². The second-order valence-corrected chi connectivity index (χ2v) is 0.933. The molecule has 0 aromatic heterocycles. The molecule has 0 N–H and O–H groups in total. The van der Waals surface area contributed by atoms with E-state index in [0.29, 0.717) is 0 Å². The third kappa shape index (κ3) is 1.53. The first kappa shape index (κ1) is 5.68. The summed E-state index contributed by atoms with van der Waals surface area (Å²) in [5, 5.41) is 0. The monoisotopic (exact) mass is 88.0 g/mol. The van der Waals surface area contributed by atoms with Crippen LogP contribution in [-0.2, 0) is 0 Å². The van der Waals surface area contributed by atoms with Crippen LogP contribution < -0.4 is 0 Å². The lowest BCUT2D eigenvalue weighted by Crippen LogP contribution is -1.82. The highest BCUT2D eigenvalue weighted by Gasteiger charge is 1.85. The Morgan fingerprint density at radius 3 is 1.14 bits per heavy atom. The minimum atomic E-state index is -0.431. The summed E-state index contributed by atoms with van der Waals surface area (Å²) < 4.78 is 0. The maximum absolute atomic E-state index is 4.86. The van der Waals surface area contributed by atoms with Gasteiger partial charge in [0.15, 0.2) is 0 Å². The lowest BCUT2D eigenvalue weighted by atomic mass is 10.2. The van der Waals surface area contributed by atoms with Crippen molar-refractivity contribution in [3.63, 3.8) is 0 Å². The molecule has 32 valence electrons. The summed E-state index contributed by atoms with van der Waals surface area (Å²) in [6.07, 6.45) is 14.6. The molecule has 0 amide bonds. The number of rotatable bonds is 0. The SMILES string of the molecule is C#CC(C#C)C#C. The maximum atomic E-state index is 4.86. The van der Waals surface area contributed by atoms with Crippen molar-refractivity contribution in [3.05, 3.63) is 0 Å². The van der Waals surface area contributed by atoms with E-state index in [4.69, 9.17) is 19.3 Å². The van der Waals surface area contributed by atoms with Crippen LogP contribution in [0.25, 0.3) is 0 Å². The zero-order chi connectivity index (χ0) is 5.70. The Hall–Kier alpha value is -1.32. The molecule has 0 aliphatic rings. The molecular weight excluding hydrogens is 84.1 g/mol. The van der Waals surface area contributed by atoms with Crippen LogP contribution in [-0.4, -0.2) is 0 Å². The van der Waals surface area contributed by atoms with E-state index in [1.165, 1.54) is 0 Å². The topological polar surface area (TPSA) is 0 Å². The molecule has 0 bridgehead atoms. The Labute approximate surface area is 43.9 Å². The van der Waals surface area contributed by atoms with Gasteiger partial charge < -0.3 is 0 Å². The molecule has 0 aliphatic carbocycles. The van der Waals surface area contributed by atoms with Crippen molar-refractivity contribution >= 4 is 0 Å². The standard InChI is InChI=1S/C7H4/c1-4-7(5-2)6-3/h1-3,7H. The van der Waals surface area contributed by atoms with Crippen LogP contribution >= 0.6 is 0 Å². The van der Waals surface area contributed by atoms with Gasteiger partial charge in [0.1, 0.15) is 5.92 Å². The van der Waals surface area contributed by atoms with Gasteiger partial charge >= 0.3 is 0 Å². The minimum Gasteiger partial charge on any atom is -0.118 e. The fourth-order valence-electron chi connectivity index (χ4n) is 0.144. The zero-order valence-corrected chi connectivity index (χ0v) is 3.81. The Kier molecular flexibility index (Phi) is 2.35. The lowest BCUT2D eigenvalue weighted by Gasteiger charge is -1.81. The van der Waals surface area contributed by atoms with Crippen LogP contribution in [0.5, 0.6) is 0 Å². The van der Waals surface area contributed by atoms with E-state index in [1.807, 2.05) is 0 Å². The van der Waals surface area contributed by atoms with Gasteiger partial charge in [-0.1, -0.05) is 17.8 Å². The first-order chi connectivity index (χ1) is 3.35. The Morgan fingerprint density at radius 2 is 1.14 bits per heavy atom. The average Bonchev–Trinajstić information content (AvgIpc) is 1.72. The fraction of sp³-hybridized carbons (Fsp3) is 0.143. The molecule has 0 saturated heterocycles. The highest BCUT2D eigenvalue weighted by molar-refractivity contribution is 5.22. The van der Waals surface area contributed by atoms with Gasteiger partial charge in [-0.05, 0) is 0 Å².